The summed E-state index contributed by atoms with van der Waals surface area (Å²) >= 11 is 3.47. The van der Waals surface area contributed by atoms with Gasteiger partial charge in [-0.15, -0.1) is 0 Å². The van der Waals surface area contributed by atoms with Crippen LogP contribution in [0.25, 0.3) is 11.0 Å². The molecular weight excluding hydrogens is 330 g/mol. The van der Waals surface area contributed by atoms with E-state index < -0.39 is 0 Å². The Bertz CT molecular complexity index is 795. The van der Waals surface area contributed by atoms with E-state index in [1.54, 1.807) is 12.1 Å². The van der Waals surface area contributed by atoms with Gasteiger partial charge in [0.15, 0.2) is 0 Å². The van der Waals surface area contributed by atoms with Crippen molar-refractivity contribution in [2.45, 2.75) is 19.9 Å². The van der Waals surface area contributed by atoms with Crippen molar-refractivity contribution in [1.82, 2.24) is 0 Å². The van der Waals surface area contributed by atoms with Gasteiger partial charge in [0.1, 0.15) is 17.1 Å². The third-order valence-corrected chi connectivity index (χ3v) is 4.00. The van der Waals surface area contributed by atoms with Crippen molar-refractivity contribution >= 4 is 32.6 Å². The van der Waals surface area contributed by atoms with Crippen molar-refractivity contribution in [3.63, 3.8) is 0 Å². The van der Waals surface area contributed by atoms with Gasteiger partial charge in [-0.3, -0.25) is 0 Å². The van der Waals surface area contributed by atoms with Crippen LogP contribution >= 0.6 is 15.9 Å². The molecule has 1 atom stereocenters. The minimum absolute atomic E-state index is 0.0411. The average Bonchev–Trinajstić information content (AvgIpc) is 2.85. The number of phenols is 1. The van der Waals surface area contributed by atoms with E-state index in [1.807, 2.05) is 37.3 Å². The minimum Gasteiger partial charge on any atom is -0.508 e. The second-order valence-electron chi connectivity index (χ2n) is 5.20. The highest BCUT2D eigenvalue weighted by Crippen LogP contribution is 2.29. The molecule has 2 aromatic carbocycles. The van der Waals surface area contributed by atoms with E-state index in [1.165, 1.54) is 0 Å². The van der Waals surface area contributed by atoms with Crippen molar-refractivity contribution in [3.05, 3.63) is 58.3 Å². The molecule has 1 unspecified atom stereocenters. The van der Waals surface area contributed by atoms with Gasteiger partial charge in [-0.2, -0.15) is 0 Å². The minimum atomic E-state index is 0.0411. The summed E-state index contributed by atoms with van der Waals surface area (Å²) < 4.78 is 6.93. The normalized spacial score (nSPS) is 12.5. The molecule has 21 heavy (non-hydrogen) atoms. The molecule has 0 radical (unpaired) electrons. The molecule has 3 nitrogen and oxygen atoms in total. The van der Waals surface area contributed by atoms with E-state index in [2.05, 4.69) is 28.2 Å². The summed E-state index contributed by atoms with van der Waals surface area (Å²) in [6.07, 6.45) is 0. The van der Waals surface area contributed by atoms with Gasteiger partial charge in [-0.1, -0.05) is 15.9 Å². The lowest BCUT2D eigenvalue weighted by molar-refractivity contribution is 0.475. The summed E-state index contributed by atoms with van der Waals surface area (Å²) in [5.74, 6) is 1.16. The maximum absolute atomic E-state index is 9.46. The first-order valence-electron chi connectivity index (χ1n) is 6.78. The number of furan rings is 1. The number of aryl methyl sites for hydroxylation is 1. The van der Waals surface area contributed by atoms with Gasteiger partial charge in [-0.25, -0.2) is 0 Å². The maximum Gasteiger partial charge on any atom is 0.134 e. The largest absolute Gasteiger partial charge is 0.508 e. The van der Waals surface area contributed by atoms with Gasteiger partial charge in [0, 0.05) is 15.5 Å². The Morgan fingerprint density at radius 2 is 1.95 bits per heavy atom. The van der Waals surface area contributed by atoms with Crippen molar-refractivity contribution in [2.75, 3.05) is 5.32 Å². The standard InChI is InChI=1S/C17H16BrNO2/c1-10-7-14(20)4-5-15(10)19-11(2)17-9-12-8-13(18)3-6-16(12)21-17/h3-9,11,19-20H,1-2H3. The maximum atomic E-state index is 9.46. The molecule has 0 bridgehead atoms. The first-order chi connectivity index (χ1) is 10.0. The molecule has 1 heterocycles. The average molecular weight is 346 g/mol. The van der Waals surface area contributed by atoms with Crippen LogP contribution in [0.5, 0.6) is 5.75 Å². The number of hydrogen-bond donors (Lipinski definition) is 2. The number of hydrogen-bond acceptors (Lipinski definition) is 3. The molecule has 0 aliphatic heterocycles. The number of anilines is 1. The number of aromatic hydroxyl groups is 1. The number of halogens is 1. The van der Waals surface area contributed by atoms with Crippen molar-refractivity contribution in [1.29, 1.82) is 0 Å². The summed E-state index contributed by atoms with van der Waals surface area (Å²) in [7, 11) is 0. The van der Waals surface area contributed by atoms with Crippen LogP contribution in [0.15, 0.2) is 51.4 Å². The van der Waals surface area contributed by atoms with Crippen LogP contribution in [-0.2, 0) is 0 Å². The molecule has 0 amide bonds. The SMILES string of the molecule is Cc1cc(O)ccc1NC(C)c1cc2cc(Br)ccc2o1. The fourth-order valence-corrected chi connectivity index (χ4v) is 2.74. The van der Waals surface area contributed by atoms with Gasteiger partial charge in [0.2, 0.25) is 0 Å². The zero-order valence-electron chi connectivity index (χ0n) is 11.9. The van der Waals surface area contributed by atoms with Gasteiger partial charge < -0.3 is 14.8 Å². The predicted octanol–water partition coefficient (Wildman–Crippen LogP) is 5.38. The predicted molar refractivity (Wildman–Crippen MR) is 88.8 cm³/mol. The van der Waals surface area contributed by atoms with Crippen LogP contribution in [0.1, 0.15) is 24.3 Å². The van der Waals surface area contributed by atoms with E-state index in [9.17, 15) is 5.11 Å². The Kier molecular flexibility index (Phi) is 3.64. The third kappa shape index (κ3) is 2.90. The Labute approximate surface area is 131 Å². The molecule has 3 aromatic rings. The summed E-state index contributed by atoms with van der Waals surface area (Å²) in [4.78, 5) is 0. The highest BCUT2D eigenvalue weighted by molar-refractivity contribution is 9.10. The summed E-state index contributed by atoms with van der Waals surface area (Å²) in [5.41, 5.74) is 2.87. The van der Waals surface area contributed by atoms with Gasteiger partial charge >= 0.3 is 0 Å². The fraction of sp³-hybridized carbons (Fsp3) is 0.176. The number of phenolic OH excluding ortho intramolecular Hbond substituents is 1. The molecule has 0 saturated carbocycles. The van der Waals surface area contributed by atoms with Crippen molar-refractivity contribution in [2.24, 2.45) is 0 Å². The highest BCUT2D eigenvalue weighted by atomic mass is 79.9. The second kappa shape index (κ2) is 5.45. The molecule has 108 valence electrons. The lowest BCUT2D eigenvalue weighted by Gasteiger charge is -2.15. The quantitative estimate of drug-likeness (QED) is 0.626. The summed E-state index contributed by atoms with van der Waals surface area (Å²) in [6.45, 7) is 4.02. The Morgan fingerprint density at radius 1 is 1.14 bits per heavy atom. The third-order valence-electron chi connectivity index (χ3n) is 3.51. The first-order valence-corrected chi connectivity index (χ1v) is 7.57. The molecule has 3 rings (SSSR count). The van der Waals surface area contributed by atoms with Gasteiger partial charge in [0.05, 0.1) is 6.04 Å². The molecule has 0 spiro atoms. The van der Waals surface area contributed by atoms with Crippen LogP contribution in [0.3, 0.4) is 0 Å². The van der Waals surface area contributed by atoms with E-state index in [4.69, 9.17) is 4.42 Å². The van der Waals surface area contributed by atoms with Crippen LogP contribution in [0, 0.1) is 6.92 Å². The molecule has 2 N–H and O–H groups in total. The number of nitrogens with one attached hydrogen (secondary N) is 1. The molecule has 0 fully saturated rings. The molecule has 0 aliphatic rings. The van der Waals surface area contributed by atoms with Crippen molar-refractivity contribution in [3.8, 4) is 5.75 Å². The number of rotatable bonds is 3. The zero-order valence-corrected chi connectivity index (χ0v) is 13.4. The highest BCUT2D eigenvalue weighted by Gasteiger charge is 2.12. The van der Waals surface area contributed by atoms with Crippen LogP contribution in [-0.4, -0.2) is 5.11 Å². The Morgan fingerprint density at radius 3 is 2.71 bits per heavy atom. The van der Waals surface area contributed by atoms with E-state index in [0.29, 0.717) is 0 Å². The summed E-state index contributed by atoms with van der Waals surface area (Å²) in [5, 5.41) is 14.0. The molecular formula is C17H16BrNO2. The zero-order chi connectivity index (χ0) is 15.0. The van der Waals surface area contributed by atoms with Gasteiger partial charge in [-0.05, 0) is 61.9 Å². The molecule has 0 aliphatic carbocycles. The van der Waals surface area contributed by atoms with Crippen LogP contribution in [0.2, 0.25) is 0 Å². The lowest BCUT2D eigenvalue weighted by atomic mass is 10.1. The molecule has 0 saturated heterocycles. The van der Waals surface area contributed by atoms with E-state index in [-0.39, 0.29) is 11.8 Å². The Balaban J connectivity index is 1.87. The van der Waals surface area contributed by atoms with Crippen LogP contribution < -0.4 is 5.32 Å². The second-order valence-corrected chi connectivity index (χ2v) is 6.11. The van der Waals surface area contributed by atoms with E-state index in [0.717, 1.165) is 32.5 Å². The molecule has 1 aromatic heterocycles. The fourth-order valence-electron chi connectivity index (χ4n) is 2.36. The topological polar surface area (TPSA) is 45.4 Å². The lowest BCUT2D eigenvalue weighted by Crippen LogP contribution is -2.06. The number of benzene rings is 2. The van der Waals surface area contributed by atoms with Gasteiger partial charge in [0.25, 0.3) is 0 Å². The van der Waals surface area contributed by atoms with Crippen molar-refractivity contribution < 1.29 is 9.52 Å². The number of fused-ring (bicyclic) bond motifs is 1. The van der Waals surface area contributed by atoms with E-state index >= 15 is 0 Å². The first kappa shape index (κ1) is 14.0. The molecule has 4 heteroatoms. The smallest absolute Gasteiger partial charge is 0.134 e. The Hall–Kier alpha value is -1.94. The van der Waals surface area contributed by atoms with Crippen LogP contribution in [0.4, 0.5) is 5.69 Å². The summed E-state index contributed by atoms with van der Waals surface area (Å²) in [6, 6.07) is 13.4. The monoisotopic (exact) mass is 345 g/mol.